The summed E-state index contributed by atoms with van der Waals surface area (Å²) in [6.45, 7) is 5.13. The molecule has 0 spiro atoms. The average Bonchev–Trinajstić information content (AvgIpc) is 3.21. The van der Waals surface area contributed by atoms with Gasteiger partial charge in [0.2, 0.25) is 5.43 Å². The van der Waals surface area contributed by atoms with Crippen LogP contribution in [0, 0.1) is 0 Å². The van der Waals surface area contributed by atoms with Crippen LogP contribution in [0.2, 0.25) is 0 Å². The van der Waals surface area contributed by atoms with Gasteiger partial charge in [-0.1, -0.05) is 42.5 Å². The third-order valence-electron chi connectivity index (χ3n) is 5.73. The summed E-state index contributed by atoms with van der Waals surface area (Å²) in [7, 11) is 0. The number of nitrogen functional groups attached to an aromatic ring is 1. The van der Waals surface area contributed by atoms with E-state index in [4.69, 9.17) is 10.2 Å². The molecule has 8 heteroatoms. The highest BCUT2D eigenvalue weighted by molar-refractivity contribution is 5.89. The van der Waals surface area contributed by atoms with Crippen LogP contribution in [0.3, 0.4) is 0 Å². The third kappa shape index (κ3) is 3.35. The predicted octanol–water partition coefficient (Wildman–Crippen LogP) is 4.02. The van der Waals surface area contributed by atoms with Crippen LogP contribution in [-0.2, 0) is 5.60 Å². The highest BCUT2D eigenvalue weighted by atomic mass is 16.3. The van der Waals surface area contributed by atoms with E-state index < -0.39 is 11.6 Å². The number of nitrogens with zero attached hydrogens (tertiary/aromatic N) is 4. The second kappa shape index (κ2) is 7.53. The van der Waals surface area contributed by atoms with Crippen molar-refractivity contribution < 1.29 is 9.52 Å². The van der Waals surface area contributed by atoms with Crippen LogP contribution in [0.4, 0.5) is 5.82 Å². The van der Waals surface area contributed by atoms with E-state index in [1.807, 2.05) is 49.4 Å². The second-order valence-corrected chi connectivity index (χ2v) is 8.52. The van der Waals surface area contributed by atoms with Crippen LogP contribution in [0.1, 0.15) is 38.3 Å². The van der Waals surface area contributed by atoms with Crippen molar-refractivity contribution in [1.82, 2.24) is 19.7 Å². The second-order valence-electron chi connectivity index (χ2n) is 8.52. The normalized spacial score (nSPS) is 13.0. The fourth-order valence-corrected chi connectivity index (χ4v) is 4.14. The summed E-state index contributed by atoms with van der Waals surface area (Å²) in [5.74, 6) is 0.660. The first-order valence-corrected chi connectivity index (χ1v) is 10.6. The molecule has 2 aromatic carbocycles. The molecule has 33 heavy (non-hydrogen) atoms. The van der Waals surface area contributed by atoms with E-state index in [0.717, 1.165) is 5.56 Å². The molecule has 0 aliphatic rings. The molecule has 0 saturated carbocycles. The molecule has 5 rings (SSSR count). The van der Waals surface area contributed by atoms with Crippen LogP contribution in [-0.4, -0.2) is 24.9 Å². The molecule has 166 valence electrons. The van der Waals surface area contributed by atoms with Gasteiger partial charge in [0.1, 0.15) is 40.8 Å². The molecule has 0 aliphatic carbocycles. The molecular formula is C25H23N5O3. The quantitative estimate of drug-likeness (QED) is 0.432. The zero-order valence-corrected chi connectivity index (χ0v) is 18.5. The molecule has 0 aliphatic heterocycles. The van der Waals surface area contributed by atoms with Crippen molar-refractivity contribution in [2.75, 3.05) is 5.73 Å². The first-order valence-electron chi connectivity index (χ1n) is 10.6. The van der Waals surface area contributed by atoms with Crippen LogP contribution in [0.25, 0.3) is 33.1 Å². The SMILES string of the molecule is CC(c1oc2ccccc2c(=O)c1-c1ccccc1)n1nc(C(C)(C)O)c2c(N)ncnc21. The van der Waals surface area contributed by atoms with E-state index in [1.165, 1.54) is 6.33 Å². The van der Waals surface area contributed by atoms with Gasteiger partial charge in [-0.25, -0.2) is 14.6 Å². The van der Waals surface area contributed by atoms with Crippen molar-refractivity contribution in [1.29, 1.82) is 0 Å². The van der Waals surface area contributed by atoms with Gasteiger partial charge < -0.3 is 15.3 Å². The Labute approximate surface area is 189 Å². The molecule has 3 heterocycles. The first kappa shape index (κ1) is 20.8. The van der Waals surface area contributed by atoms with Crippen molar-refractivity contribution in [3.8, 4) is 11.1 Å². The molecule has 5 aromatic rings. The van der Waals surface area contributed by atoms with E-state index in [2.05, 4.69) is 15.1 Å². The van der Waals surface area contributed by atoms with E-state index in [9.17, 15) is 9.90 Å². The number of rotatable bonds is 4. The largest absolute Gasteiger partial charge is 0.458 e. The van der Waals surface area contributed by atoms with Gasteiger partial charge in [-0.05, 0) is 38.5 Å². The van der Waals surface area contributed by atoms with Gasteiger partial charge in [0.05, 0.1) is 16.3 Å². The maximum atomic E-state index is 13.6. The van der Waals surface area contributed by atoms with Crippen molar-refractivity contribution in [3.05, 3.63) is 82.6 Å². The van der Waals surface area contributed by atoms with E-state index in [0.29, 0.717) is 39.0 Å². The third-order valence-corrected chi connectivity index (χ3v) is 5.73. The van der Waals surface area contributed by atoms with E-state index >= 15 is 0 Å². The number of hydrogen-bond donors (Lipinski definition) is 2. The Hall–Kier alpha value is -4.04. The fraction of sp³-hybridized carbons (Fsp3) is 0.200. The smallest absolute Gasteiger partial charge is 0.200 e. The molecule has 3 N–H and O–H groups in total. The summed E-state index contributed by atoms with van der Waals surface area (Å²) < 4.78 is 7.95. The van der Waals surface area contributed by atoms with Gasteiger partial charge in [-0.3, -0.25) is 4.79 Å². The number of aliphatic hydroxyl groups is 1. The van der Waals surface area contributed by atoms with Gasteiger partial charge >= 0.3 is 0 Å². The number of aromatic nitrogens is 4. The lowest BCUT2D eigenvalue weighted by Crippen LogP contribution is -2.19. The van der Waals surface area contributed by atoms with Gasteiger partial charge in [0.25, 0.3) is 0 Å². The minimum absolute atomic E-state index is 0.127. The maximum absolute atomic E-state index is 13.6. The molecule has 3 aromatic heterocycles. The molecule has 0 bridgehead atoms. The number of nitrogens with two attached hydrogens (primary N) is 1. The Morgan fingerprint density at radius 2 is 1.76 bits per heavy atom. The Balaban J connectivity index is 1.84. The molecule has 1 atom stereocenters. The monoisotopic (exact) mass is 441 g/mol. The molecule has 8 nitrogen and oxygen atoms in total. The average molecular weight is 441 g/mol. The van der Waals surface area contributed by atoms with Gasteiger partial charge in [-0.15, -0.1) is 0 Å². The Morgan fingerprint density at radius 3 is 2.48 bits per heavy atom. The predicted molar refractivity (Wildman–Crippen MR) is 127 cm³/mol. The number of benzene rings is 2. The zero-order valence-electron chi connectivity index (χ0n) is 18.5. The summed E-state index contributed by atoms with van der Waals surface area (Å²) in [4.78, 5) is 22.1. The fourth-order valence-electron chi connectivity index (χ4n) is 4.14. The maximum Gasteiger partial charge on any atom is 0.200 e. The Bertz CT molecular complexity index is 1550. The van der Waals surface area contributed by atoms with Gasteiger partial charge in [-0.2, -0.15) is 5.10 Å². The van der Waals surface area contributed by atoms with Crippen molar-refractivity contribution >= 4 is 27.8 Å². The molecule has 0 radical (unpaired) electrons. The van der Waals surface area contributed by atoms with Crippen LogP contribution < -0.4 is 11.2 Å². The number of para-hydroxylation sites is 1. The van der Waals surface area contributed by atoms with Crippen LogP contribution in [0.15, 0.2) is 70.1 Å². The molecular weight excluding hydrogens is 418 g/mol. The lowest BCUT2D eigenvalue weighted by molar-refractivity contribution is 0.0743. The van der Waals surface area contributed by atoms with Crippen molar-refractivity contribution in [3.63, 3.8) is 0 Å². The van der Waals surface area contributed by atoms with Gasteiger partial charge in [0.15, 0.2) is 5.65 Å². The summed E-state index contributed by atoms with van der Waals surface area (Å²) in [5.41, 5.74) is 7.21. The molecule has 1 unspecified atom stereocenters. The zero-order chi connectivity index (χ0) is 23.3. The molecule has 0 fully saturated rings. The molecule has 0 saturated heterocycles. The minimum Gasteiger partial charge on any atom is -0.458 e. The summed E-state index contributed by atoms with van der Waals surface area (Å²) in [6.07, 6.45) is 1.35. The van der Waals surface area contributed by atoms with Crippen LogP contribution in [0.5, 0.6) is 0 Å². The van der Waals surface area contributed by atoms with Crippen LogP contribution >= 0.6 is 0 Å². The van der Waals surface area contributed by atoms with E-state index in [-0.39, 0.29) is 11.2 Å². The lowest BCUT2D eigenvalue weighted by atomic mass is 9.99. The Kier molecular flexibility index (Phi) is 4.75. The number of anilines is 1. The number of fused-ring (bicyclic) bond motifs is 2. The topological polar surface area (TPSA) is 120 Å². The summed E-state index contributed by atoms with van der Waals surface area (Å²) >= 11 is 0. The summed E-state index contributed by atoms with van der Waals surface area (Å²) in [6, 6.07) is 16.0. The highest BCUT2D eigenvalue weighted by Crippen LogP contribution is 2.35. The first-order chi connectivity index (χ1) is 15.8. The molecule has 0 amide bonds. The minimum atomic E-state index is -1.28. The lowest BCUT2D eigenvalue weighted by Gasteiger charge is -2.18. The van der Waals surface area contributed by atoms with Gasteiger partial charge in [0, 0.05) is 0 Å². The summed E-state index contributed by atoms with van der Waals surface area (Å²) in [5, 5.41) is 16.4. The highest BCUT2D eigenvalue weighted by Gasteiger charge is 2.31. The van der Waals surface area contributed by atoms with Crippen molar-refractivity contribution in [2.45, 2.75) is 32.4 Å². The standard InChI is InChI=1S/C25H23N5O3/c1-14(30-24-19(23(26)27-13-28-24)22(29-30)25(2,3)32)21-18(15-9-5-4-6-10-15)20(31)16-11-7-8-12-17(16)33-21/h4-14,32H,1-3H3,(H2,26,27,28). The number of hydrogen-bond acceptors (Lipinski definition) is 7. The van der Waals surface area contributed by atoms with E-state index in [1.54, 1.807) is 30.7 Å². The Morgan fingerprint density at radius 1 is 1.06 bits per heavy atom. The van der Waals surface area contributed by atoms with Crippen molar-refractivity contribution in [2.24, 2.45) is 0 Å².